The Hall–Kier alpha value is -1.61. The van der Waals surface area contributed by atoms with Gasteiger partial charge in [0.2, 0.25) is 5.88 Å². The molecule has 0 amide bonds. The van der Waals surface area contributed by atoms with Crippen molar-refractivity contribution < 1.29 is 4.74 Å². The van der Waals surface area contributed by atoms with Crippen LogP contribution in [0.4, 0.5) is 0 Å². The summed E-state index contributed by atoms with van der Waals surface area (Å²) in [6.07, 6.45) is 4.88. The highest BCUT2D eigenvalue weighted by molar-refractivity contribution is 5.82. The molecule has 3 heteroatoms. The second-order valence-electron chi connectivity index (χ2n) is 5.57. The van der Waals surface area contributed by atoms with Crippen molar-refractivity contribution in [1.82, 2.24) is 4.98 Å². The summed E-state index contributed by atoms with van der Waals surface area (Å²) in [7, 11) is 0. The Balaban J connectivity index is 2.11. The van der Waals surface area contributed by atoms with Gasteiger partial charge in [0, 0.05) is 18.0 Å². The molecule has 1 atom stereocenters. The van der Waals surface area contributed by atoms with Crippen LogP contribution in [-0.4, -0.2) is 11.6 Å². The molecule has 21 heavy (non-hydrogen) atoms. The number of benzene rings is 1. The number of rotatable bonds is 8. The Labute approximate surface area is 127 Å². The zero-order chi connectivity index (χ0) is 15.1. The molecule has 1 aromatic carbocycles. The molecule has 0 radical (unpaired) electrons. The van der Waals surface area contributed by atoms with Crippen molar-refractivity contribution in [2.24, 2.45) is 11.7 Å². The Kier molecular flexibility index (Phi) is 6.00. The fraction of sp³-hybridized carbons (Fsp3) is 0.500. The van der Waals surface area contributed by atoms with Gasteiger partial charge in [-0.15, -0.1) is 0 Å². The Morgan fingerprint density at radius 3 is 2.76 bits per heavy atom. The van der Waals surface area contributed by atoms with Crippen LogP contribution in [0, 0.1) is 5.92 Å². The smallest absolute Gasteiger partial charge is 0.214 e. The van der Waals surface area contributed by atoms with E-state index in [4.69, 9.17) is 10.5 Å². The van der Waals surface area contributed by atoms with Crippen molar-refractivity contribution in [3.8, 4) is 5.88 Å². The molecule has 0 spiro atoms. The molecule has 0 aliphatic carbocycles. The maximum atomic E-state index is 5.94. The van der Waals surface area contributed by atoms with Crippen LogP contribution >= 0.6 is 0 Å². The lowest BCUT2D eigenvalue weighted by Crippen LogP contribution is -2.12. The van der Waals surface area contributed by atoms with Gasteiger partial charge in [-0.25, -0.2) is 4.98 Å². The number of nitrogens with zero attached hydrogens (tertiary/aromatic N) is 1. The highest BCUT2D eigenvalue weighted by atomic mass is 16.5. The molecule has 3 nitrogen and oxygen atoms in total. The van der Waals surface area contributed by atoms with E-state index in [2.05, 4.69) is 24.9 Å². The predicted molar refractivity (Wildman–Crippen MR) is 88.4 cm³/mol. The van der Waals surface area contributed by atoms with Gasteiger partial charge in [-0.2, -0.15) is 0 Å². The predicted octanol–water partition coefficient (Wildman–Crippen LogP) is 4.29. The van der Waals surface area contributed by atoms with Gasteiger partial charge in [0.05, 0.1) is 12.1 Å². The van der Waals surface area contributed by atoms with Crippen molar-refractivity contribution in [3.05, 3.63) is 35.9 Å². The van der Waals surface area contributed by atoms with Crippen LogP contribution < -0.4 is 10.5 Å². The number of fused-ring (bicyclic) bond motifs is 1. The Morgan fingerprint density at radius 2 is 2.05 bits per heavy atom. The standard InChI is InChI=1S/C18H26N2O/c1-3-5-8-14(4-2)13-21-18-11-15(12-19)16-9-6-7-10-17(16)20-18/h6-7,9-11,14H,3-5,8,12-13,19H2,1-2H3. The van der Waals surface area contributed by atoms with Gasteiger partial charge < -0.3 is 10.5 Å². The van der Waals surface area contributed by atoms with E-state index in [9.17, 15) is 0 Å². The van der Waals surface area contributed by atoms with Gasteiger partial charge in [0.1, 0.15) is 0 Å². The van der Waals surface area contributed by atoms with Crippen LogP contribution in [0.1, 0.15) is 45.1 Å². The first kappa shape index (κ1) is 15.8. The van der Waals surface area contributed by atoms with Crippen LogP contribution in [0.2, 0.25) is 0 Å². The van der Waals surface area contributed by atoms with Crippen molar-refractivity contribution in [2.75, 3.05) is 6.61 Å². The average Bonchev–Trinajstić information content (AvgIpc) is 2.54. The summed E-state index contributed by atoms with van der Waals surface area (Å²) in [5.41, 5.74) is 7.90. The first-order chi connectivity index (χ1) is 10.3. The van der Waals surface area contributed by atoms with Crippen LogP contribution in [-0.2, 0) is 6.54 Å². The Morgan fingerprint density at radius 1 is 1.24 bits per heavy atom. The molecule has 0 bridgehead atoms. The number of pyridine rings is 1. The summed E-state index contributed by atoms with van der Waals surface area (Å²) in [6, 6.07) is 10.1. The highest BCUT2D eigenvalue weighted by Crippen LogP contribution is 2.22. The molecule has 0 aliphatic heterocycles. The number of nitrogens with two attached hydrogens (primary N) is 1. The fourth-order valence-corrected chi connectivity index (χ4v) is 2.56. The third kappa shape index (κ3) is 4.18. The second kappa shape index (κ2) is 7.99. The van der Waals surface area contributed by atoms with Gasteiger partial charge in [0.25, 0.3) is 0 Å². The summed E-state index contributed by atoms with van der Waals surface area (Å²) in [5.74, 6) is 1.31. The first-order valence-corrected chi connectivity index (χ1v) is 8.00. The summed E-state index contributed by atoms with van der Waals surface area (Å²) in [6.45, 7) is 5.70. The maximum Gasteiger partial charge on any atom is 0.214 e. The zero-order valence-electron chi connectivity index (χ0n) is 13.1. The molecule has 1 unspecified atom stereocenters. The fourth-order valence-electron chi connectivity index (χ4n) is 2.56. The zero-order valence-corrected chi connectivity index (χ0v) is 13.1. The molecule has 0 fully saturated rings. The van der Waals surface area contributed by atoms with E-state index in [1.807, 2.05) is 24.3 Å². The molecule has 0 aliphatic rings. The number of unbranched alkanes of at least 4 members (excludes halogenated alkanes) is 1. The molecule has 2 N–H and O–H groups in total. The number of hydrogen-bond acceptors (Lipinski definition) is 3. The quantitative estimate of drug-likeness (QED) is 0.787. The van der Waals surface area contributed by atoms with Gasteiger partial charge in [-0.3, -0.25) is 0 Å². The summed E-state index contributed by atoms with van der Waals surface area (Å²) in [5, 5.41) is 1.12. The minimum Gasteiger partial charge on any atom is -0.477 e. The van der Waals surface area contributed by atoms with Crippen LogP contribution in [0.25, 0.3) is 10.9 Å². The van der Waals surface area contributed by atoms with Gasteiger partial charge in [-0.1, -0.05) is 51.3 Å². The number of ether oxygens (including phenoxy) is 1. The molecule has 2 aromatic rings. The molecular formula is C18H26N2O. The molecule has 2 rings (SSSR count). The summed E-state index contributed by atoms with van der Waals surface area (Å²) in [4.78, 5) is 4.59. The minimum atomic E-state index is 0.506. The van der Waals surface area contributed by atoms with Crippen molar-refractivity contribution in [1.29, 1.82) is 0 Å². The SMILES string of the molecule is CCCCC(CC)COc1cc(CN)c2ccccc2n1. The second-order valence-corrected chi connectivity index (χ2v) is 5.57. The van der Waals surface area contributed by atoms with E-state index >= 15 is 0 Å². The van der Waals surface area contributed by atoms with E-state index in [-0.39, 0.29) is 0 Å². The largest absolute Gasteiger partial charge is 0.477 e. The maximum absolute atomic E-state index is 5.94. The van der Waals surface area contributed by atoms with Crippen LogP contribution in [0.15, 0.2) is 30.3 Å². The molecule has 1 aromatic heterocycles. The van der Waals surface area contributed by atoms with Crippen LogP contribution in [0.5, 0.6) is 5.88 Å². The topological polar surface area (TPSA) is 48.1 Å². The highest BCUT2D eigenvalue weighted by Gasteiger charge is 2.09. The molecular weight excluding hydrogens is 260 g/mol. The van der Waals surface area contributed by atoms with E-state index in [1.54, 1.807) is 0 Å². The average molecular weight is 286 g/mol. The first-order valence-electron chi connectivity index (χ1n) is 8.00. The lowest BCUT2D eigenvalue weighted by atomic mass is 10.0. The molecule has 1 heterocycles. The normalized spacial score (nSPS) is 12.5. The lowest BCUT2D eigenvalue weighted by molar-refractivity contribution is 0.226. The van der Waals surface area contributed by atoms with E-state index in [1.165, 1.54) is 19.3 Å². The molecule has 0 saturated carbocycles. The lowest BCUT2D eigenvalue weighted by Gasteiger charge is -2.16. The monoisotopic (exact) mass is 286 g/mol. The van der Waals surface area contributed by atoms with Crippen molar-refractivity contribution >= 4 is 10.9 Å². The third-order valence-electron chi connectivity index (χ3n) is 4.01. The van der Waals surface area contributed by atoms with E-state index in [0.717, 1.165) is 29.5 Å². The minimum absolute atomic E-state index is 0.506. The van der Waals surface area contributed by atoms with Crippen LogP contribution in [0.3, 0.4) is 0 Å². The van der Waals surface area contributed by atoms with Gasteiger partial charge in [0.15, 0.2) is 0 Å². The summed E-state index contributed by atoms with van der Waals surface area (Å²) < 4.78 is 5.94. The number of hydrogen-bond donors (Lipinski definition) is 1. The Bertz CT molecular complexity index is 568. The third-order valence-corrected chi connectivity index (χ3v) is 4.01. The molecule has 114 valence electrons. The van der Waals surface area contributed by atoms with Crippen molar-refractivity contribution in [3.63, 3.8) is 0 Å². The van der Waals surface area contributed by atoms with Gasteiger partial charge >= 0.3 is 0 Å². The summed E-state index contributed by atoms with van der Waals surface area (Å²) >= 11 is 0. The van der Waals surface area contributed by atoms with E-state index in [0.29, 0.717) is 18.3 Å². The number of aromatic nitrogens is 1. The van der Waals surface area contributed by atoms with Crippen molar-refractivity contribution in [2.45, 2.75) is 46.1 Å². The van der Waals surface area contributed by atoms with E-state index < -0.39 is 0 Å². The number of para-hydroxylation sites is 1. The van der Waals surface area contributed by atoms with Gasteiger partial charge in [-0.05, 0) is 24.0 Å². The molecule has 0 saturated heterocycles.